The first-order valence-corrected chi connectivity index (χ1v) is 9.16. The fraction of sp³-hybridized carbons (Fsp3) is 0.235. The SMILES string of the molecule is CN(CC(=O)Nc1ccc(Cl)c(C(F)(F)F)c1)C(=O)CSc1cccc[n+]1[O-]. The number of thioether (sulfide) groups is 1. The Morgan fingerprint density at radius 2 is 2.00 bits per heavy atom. The van der Waals surface area contributed by atoms with Crippen molar-refractivity contribution in [3.63, 3.8) is 0 Å². The van der Waals surface area contributed by atoms with Crippen LogP contribution in [-0.2, 0) is 15.8 Å². The summed E-state index contributed by atoms with van der Waals surface area (Å²) in [7, 11) is 1.38. The average molecular weight is 434 g/mol. The summed E-state index contributed by atoms with van der Waals surface area (Å²) in [5.41, 5.74) is -1.16. The van der Waals surface area contributed by atoms with E-state index in [-0.39, 0.29) is 18.0 Å². The predicted octanol–water partition coefficient (Wildman–Crippen LogP) is 3.18. The second kappa shape index (κ2) is 9.16. The molecule has 11 heteroatoms. The van der Waals surface area contributed by atoms with Crippen LogP contribution in [0.4, 0.5) is 18.9 Å². The Morgan fingerprint density at radius 1 is 1.29 bits per heavy atom. The minimum absolute atomic E-state index is 0.0742. The minimum Gasteiger partial charge on any atom is -0.618 e. The molecule has 2 rings (SSSR count). The molecular weight excluding hydrogens is 419 g/mol. The van der Waals surface area contributed by atoms with Crippen LogP contribution >= 0.6 is 23.4 Å². The van der Waals surface area contributed by atoms with Gasteiger partial charge in [0.15, 0.2) is 6.20 Å². The van der Waals surface area contributed by atoms with Gasteiger partial charge in [0.1, 0.15) is 0 Å². The molecule has 0 aliphatic rings. The summed E-state index contributed by atoms with van der Waals surface area (Å²) in [6.45, 7) is -0.366. The van der Waals surface area contributed by atoms with Gasteiger partial charge in [0.25, 0.3) is 5.03 Å². The van der Waals surface area contributed by atoms with Crippen LogP contribution in [0.3, 0.4) is 0 Å². The number of carbonyl (C=O) groups is 2. The van der Waals surface area contributed by atoms with Crippen molar-refractivity contribution in [2.45, 2.75) is 11.2 Å². The molecular formula is C17H15ClF3N3O3S. The first-order valence-electron chi connectivity index (χ1n) is 7.79. The van der Waals surface area contributed by atoms with Crippen molar-refractivity contribution in [2.24, 2.45) is 0 Å². The number of likely N-dealkylation sites (N-methyl/N-ethyl adjacent to an activating group) is 1. The second-order valence-electron chi connectivity index (χ2n) is 5.64. The number of carbonyl (C=O) groups excluding carboxylic acids is 2. The Morgan fingerprint density at radius 3 is 2.64 bits per heavy atom. The molecule has 0 aliphatic carbocycles. The van der Waals surface area contributed by atoms with Crippen LogP contribution in [0.15, 0.2) is 47.6 Å². The highest BCUT2D eigenvalue weighted by atomic mass is 35.5. The quantitative estimate of drug-likeness (QED) is 0.431. The molecule has 0 aliphatic heterocycles. The number of rotatable bonds is 6. The molecule has 0 saturated heterocycles. The summed E-state index contributed by atoms with van der Waals surface area (Å²) in [6, 6.07) is 7.74. The second-order valence-corrected chi connectivity index (χ2v) is 7.05. The van der Waals surface area contributed by atoms with E-state index < -0.39 is 28.6 Å². The topological polar surface area (TPSA) is 76.4 Å². The molecule has 0 bridgehead atoms. The molecule has 1 aromatic carbocycles. The normalized spacial score (nSPS) is 11.2. The smallest absolute Gasteiger partial charge is 0.417 e. The number of anilines is 1. The van der Waals surface area contributed by atoms with E-state index in [4.69, 9.17) is 11.6 Å². The van der Waals surface area contributed by atoms with Crippen molar-refractivity contribution in [1.82, 2.24) is 4.90 Å². The molecule has 0 unspecified atom stereocenters. The van der Waals surface area contributed by atoms with Crippen LogP contribution in [0.2, 0.25) is 5.02 Å². The van der Waals surface area contributed by atoms with Crippen molar-refractivity contribution in [3.05, 3.63) is 58.4 Å². The van der Waals surface area contributed by atoms with Crippen LogP contribution in [0.5, 0.6) is 0 Å². The number of nitrogens with zero attached hydrogens (tertiary/aromatic N) is 2. The molecule has 1 heterocycles. The Hall–Kier alpha value is -2.46. The van der Waals surface area contributed by atoms with Gasteiger partial charge < -0.3 is 15.4 Å². The zero-order chi connectivity index (χ0) is 20.9. The van der Waals surface area contributed by atoms with E-state index in [0.717, 1.165) is 28.8 Å². The lowest BCUT2D eigenvalue weighted by Crippen LogP contribution is -2.36. The highest BCUT2D eigenvalue weighted by Gasteiger charge is 2.33. The van der Waals surface area contributed by atoms with Crippen molar-refractivity contribution in [2.75, 3.05) is 24.7 Å². The van der Waals surface area contributed by atoms with Crippen LogP contribution in [0.1, 0.15) is 5.56 Å². The van der Waals surface area contributed by atoms with E-state index in [9.17, 15) is 28.0 Å². The van der Waals surface area contributed by atoms with Gasteiger partial charge in [-0.25, -0.2) is 0 Å². The Labute approximate surface area is 167 Å². The molecule has 0 spiro atoms. The number of amides is 2. The van der Waals surface area contributed by atoms with Gasteiger partial charge in [-0.05, 0) is 36.0 Å². The van der Waals surface area contributed by atoms with Gasteiger partial charge in [-0.2, -0.15) is 17.9 Å². The molecule has 1 aromatic heterocycles. The maximum absolute atomic E-state index is 12.9. The average Bonchev–Trinajstić information content (AvgIpc) is 2.61. The Kier molecular flexibility index (Phi) is 7.14. The van der Waals surface area contributed by atoms with E-state index in [1.807, 2.05) is 0 Å². The standard InChI is InChI=1S/C17H15ClF3N3O3S/c1-23(15(26)10-28-16-4-2-3-7-24(16)27)9-14(25)22-11-5-6-13(18)12(8-11)17(19,20)21/h2-8H,9-10H2,1H3,(H,22,25). The van der Waals surface area contributed by atoms with Gasteiger partial charge in [0.05, 0.1) is 22.9 Å². The van der Waals surface area contributed by atoms with Crippen LogP contribution in [-0.4, -0.2) is 36.1 Å². The fourth-order valence-electron chi connectivity index (χ4n) is 2.09. The fourth-order valence-corrected chi connectivity index (χ4v) is 3.17. The van der Waals surface area contributed by atoms with E-state index in [1.165, 1.54) is 19.3 Å². The number of hydrogen-bond acceptors (Lipinski definition) is 4. The third kappa shape index (κ3) is 6.03. The summed E-state index contributed by atoms with van der Waals surface area (Å²) in [4.78, 5) is 25.2. The summed E-state index contributed by atoms with van der Waals surface area (Å²) >= 11 is 6.54. The number of benzene rings is 1. The molecule has 2 amide bonds. The van der Waals surface area contributed by atoms with Gasteiger partial charge in [0.2, 0.25) is 11.8 Å². The first-order chi connectivity index (χ1) is 13.1. The third-order valence-electron chi connectivity index (χ3n) is 3.49. The zero-order valence-corrected chi connectivity index (χ0v) is 16.1. The Bertz CT molecular complexity index is 880. The van der Waals surface area contributed by atoms with Gasteiger partial charge in [-0.3, -0.25) is 9.59 Å². The lowest BCUT2D eigenvalue weighted by molar-refractivity contribution is -0.645. The molecule has 6 nitrogen and oxygen atoms in total. The highest BCUT2D eigenvalue weighted by Crippen LogP contribution is 2.36. The largest absolute Gasteiger partial charge is 0.618 e. The number of pyridine rings is 1. The number of nitrogens with one attached hydrogen (secondary N) is 1. The molecule has 2 aromatic rings. The summed E-state index contributed by atoms with van der Waals surface area (Å²) < 4.78 is 39.2. The van der Waals surface area contributed by atoms with Crippen molar-refractivity contribution in [1.29, 1.82) is 0 Å². The number of halogens is 4. The van der Waals surface area contributed by atoms with E-state index in [0.29, 0.717) is 9.76 Å². The first kappa shape index (κ1) is 21.8. The van der Waals surface area contributed by atoms with Gasteiger partial charge >= 0.3 is 6.18 Å². The van der Waals surface area contributed by atoms with Crippen LogP contribution in [0, 0.1) is 5.21 Å². The van der Waals surface area contributed by atoms with Crippen LogP contribution < -0.4 is 10.0 Å². The number of aromatic nitrogens is 1. The van der Waals surface area contributed by atoms with E-state index >= 15 is 0 Å². The summed E-state index contributed by atoms with van der Waals surface area (Å²) in [6.07, 6.45) is -3.36. The van der Waals surface area contributed by atoms with E-state index in [1.54, 1.807) is 18.2 Å². The number of alkyl halides is 3. The number of hydrogen-bond donors (Lipinski definition) is 1. The highest BCUT2D eigenvalue weighted by molar-refractivity contribution is 7.99. The maximum atomic E-state index is 12.9. The molecule has 28 heavy (non-hydrogen) atoms. The van der Waals surface area contributed by atoms with Crippen molar-refractivity contribution in [3.8, 4) is 0 Å². The Balaban J connectivity index is 1.92. The van der Waals surface area contributed by atoms with Gasteiger partial charge in [-0.15, -0.1) is 0 Å². The third-order valence-corrected chi connectivity index (χ3v) is 4.83. The molecule has 150 valence electrons. The molecule has 0 saturated carbocycles. The minimum atomic E-state index is -4.66. The summed E-state index contributed by atoms with van der Waals surface area (Å²) in [5.74, 6) is -1.17. The van der Waals surface area contributed by atoms with Gasteiger partial charge in [-0.1, -0.05) is 11.6 Å². The van der Waals surface area contributed by atoms with Crippen molar-refractivity contribution >= 4 is 40.9 Å². The lowest BCUT2D eigenvalue weighted by Gasteiger charge is -2.17. The summed E-state index contributed by atoms with van der Waals surface area (Å²) in [5, 5.41) is 13.7. The zero-order valence-electron chi connectivity index (χ0n) is 14.5. The predicted molar refractivity (Wildman–Crippen MR) is 98.8 cm³/mol. The molecule has 1 N–H and O–H groups in total. The van der Waals surface area contributed by atoms with Crippen LogP contribution in [0.25, 0.3) is 0 Å². The maximum Gasteiger partial charge on any atom is 0.417 e. The van der Waals surface area contributed by atoms with Crippen molar-refractivity contribution < 1.29 is 27.5 Å². The molecule has 0 radical (unpaired) electrons. The van der Waals surface area contributed by atoms with Gasteiger partial charge in [0, 0.05) is 24.9 Å². The molecule has 0 atom stereocenters. The lowest BCUT2D eigenvalue weighted by atomic mass is 10.2. The molecule has 0 fully saturated rings. The monoisotopic (exact) mass is 433 g/mol. The van der Waals surface area contributed by atoms with E-state index in [2.05, 4.69) is 5.32 Å².